The maximum absolute atomic E-state index is 5.52. The molecule has 1 rings (SSSR count). The van der Waals surface area contributed by atoms with Gasteiger partial charge < -0.3 is 22.1 Å². The highest BCUT2D eigenvalue weighted by atomic mass is 28.4. The van der Waals surface area contributed by atoms with Gasteiger partial charge in [0.15, 0.2) is 0 Å². The molecule has 0 unspecified atom stereocenters. The topological polar surface area (TPSA) is 46.2 Å². The molecule has 1 aromatic carbocycles. The van der Waals surface area contributed by atoms with Gasteiger partial charge in [-0.15, -0.1) is 0 Å². The summed E-state index contributed by atoms with van der Waals surface area (Å²) < 4.78 is 27.4. The van der Waals surface area contributed by atoms with Gasteiger partial charge in [0.05, 0.1) is 0 Å². The molecule has 0 spiro atoms. The van der Waals surface area contributed by atoms with Crippen molar-refractivity contribution in [3.05, 3.63) is 35.4 Å². The van der Waals surface area contributed by atoms with Crippen molar-refractivity contribution in [1.29, 1.82) is 0 Å². The quantitative estimate of drug-likeness (QED) is 0.649. The minimum Gasteiger partial charge on any atom is -0.398 e. The van der Waals surface area contributed by atoms with Gasteiger partial charge in [0.1, 0.15) is 0 Å². The molecule has 0 N–H and O–H groups in total. The second-order valence-corrected chi connectivity index (χ2v) is 11.4. The van der Waals surface area contributed by atoms with Crippen LogP contribution in [0, 0.1) is 0 Å². The molecule has 0 atom stereocenters. The van der Waals surface area contributed by atoms with Crippen LogP contribution in [0.5, 0.6) is 0 Å². The van der Waals surface area contributed by atoms with Crippen molar-refractivity contribution >= 4 is 17.4 Å². The molecule has 0 fully saturated rings. The summed E-state index contributed by atoms with van der Waals surface area (Å²) in [4.78, 5) is 0. The number of benzene rings is 1. The van der Waals surface area contributed by atoms with Gasteiger partial charge in [0, 0.05) is 47.6 Å². The van der Waals surface area contributed by atoms with Gasteiger partial charge in [0.25, 0.3) is 0 Å². The largest absolute Gasteiger partial charge is 0.504 e. The number of rotatable bonds is 9. The van der Waals surface area contributed by atoms with Gasteiger partial charge in [0.2, 0.25) is 0 Å². The lowest BCUT2D eigenvalue weighted by Gasteiger charge is -2.25. The summed E-state index contributed by atoms with van der Waals surface area (Å²) in [6.45, 7) is 2.06. The van der Waals surface area contributed by atoms with E-state index in [0.29, 0.717) is 6.04 Å². The smallest absolute Gasteiger partial charge is 0.398 e. The summed E-state index contributed by atoms with van der Waals surface area (Å²) in [5.41, 5.74) is 2.34. The predicted molar refractivity (Wildman–Crippen MR) is 86.3 cm³/mol. The zero-order valence-electron chi connectivity index (χ0n) is 13.8. The molecule has 7 heteroatoms. The molecule has 1 aromatic rings. The van der Waals surface area contributed by atoms with Crippen molar-refractivity contribution in [1.82, 2.24) is 0 Å². The highest BCUT2D eigenvalue weighted by Crippen LogP contribution is 2.18. The van der Waals surface area contributed by atoms with Crippen LogP contribution in [0.15, 0.2) is 24.3 Å². The standard InChI is InChI=1S/C14H26O5Si2/c1-15-20(6,16-2)11-13-7-9-14(10-8-13)12-21(17-3,18-4)19-5/h7-10H,11-12H2,1-6H3. The van der Waals surface area contributed by atoms with Crippen LogP contribution < -0.4 is 0 Å². The molecule has 0 radical (unpaired) electrons. The first-order valence-corrected chi connectivity index (χ1v) is 11.3. The molecule has 0 aromatic heterocycles. The fourth-order valence-electron chi connectivity index (χ4n) is 2.09. The Morgan fingerprint density at radius 1 is 0.667 bits per heavy atom. The summed E-state index contributed by atoms with van der Waals surface area (Å²) in [6, 6.07) is 9.82. The summed E-state index contributed by atoms with van der Waals surface area (Å²) in [5.74, 6) is 0. The minimum atomic E-state index is -2.58. The van der Waals surface area contributed by atoms with E-state index in [2.05, 4.69) is 30.8 Å². The predicted octanol–water partition coefficient (Wildman–Crippen LogP) is 2.09. The normalized spacial score (nSPS) is 12.7. The molecular formula is C14H26O5Si2. The first kappa shape index (κ1) is 18.5. The molecule has 0 aliphatic carbocycles. The van der Waals surface area contributed by atoms with Gasteiger partial charge in [-0.1, -0.05) is 24.3 Å². The van der Waals surface area contributed by atoms with E-state index in [1.165, 1.54) is 5.56 Å². The third kappa shape index (κ3) is 4.99. The molecule has 0 saturated carbocycles. The Balaban J connectivity index is 2.79. The Morgan fingerprint density at radius 2 is 1.05 bits per heavy atom. The molecule has 0 saturated heterocycles. The van der Waals surface area contributed by atoms with Crippen LogP contribution in [0.2, 0.25) is 6.55 Å². The summed E-state index contributed by atoms with van der Waals surface area (Å²) in [7, 11) is 3.63. The van der Waals surface area contributed by atoms with E-state index < -0.39 is 17.4 Å². The van der Waals surface area contributed by atoms with Crippen molar-refractivity contribution in [2.75, 3.05) is 35.5 Å². The van der Waals surface area contributed by atoms with Crippen LogP contribution >= 0.6 is 0 Å². The van der Waals surface area contributed by atoms with Crippen LogP contribution in [0.4, 0.5) is 0 Å². The third-order valence-corrected chi connectivity index (χ3v) is 9.25. The Morgan fingerprint density at radius 3 is 1.38 bits per heavy atom. The molecule has 0 heterocycles. The highest BCUT2D eigenvalue weighted by molar-refractivity contribution is 6.65. The molecule has 0 bridgehead atoms. The van der Waals surface area contributed by atoms with E-state index in [0.717, 1.165) is 11.6 Å². The van der Waals surface area contributed by atoms with E-state index in [-0.39, 0.29) is 0 Å². The van der Waals surface area contributed by atoms with Gasteiger partial charge in [-0.05, 0) is 17.7 Å². The van der Waals surface area contributed by atoms with Gasteiger partial charge in [-0.25, -0.2) is 0 Å². The minimum absolute atomic E-state index is 0.653. The first-order valence-electron chi connectivity index (χ1n) is 6.80. The van der Waals surface area contributed by atoms with Crippen molar-refractivity contribution in [2.45, 2.75) is 18.6 Å². The van der Waals surface area contributed by atoms with Crippen LogP contribution in [0.3, 0.4) is 0 Å². The molecule has 0 amide bonds. The van der Waals surface area contributed by atoms with Crippen LogP contribution in [-0.4, -0.2) is 52.9 Å². The van der Waals surface area contributed by atoms with E-state index in [1.54, 1.807) is 35.5 Å². The number of hydrogen-bond acceptors (Lipinski definition) is 5. The Bertz CT molecular complexity index is 408. The lowest BCUT2D eigenvalue weighted by atomic mass is 10.2. The van der Waals surface area contributed by atoms with Crippen LogP contribution in [-0.2, 0) is 34.2 Å². The van der Waals surface area contributed by atoms with E-state index in [9.17, 15) is 0 Å². The van der Waals surface area contributed by atoms with Crippen LogP contribution in [0.25, 0.3) is 0 Å². The van der Waals surface area contributed by atoms with E-state index >= 15 is 0 Å². The molecule has 21 heavy (non-hydrogen) atoms. The fourth-order valence-corrected chi connectivity index (χ4v) is 5.19. The van der Waals surface area contributed by atoms with Crippen molar-refractivity contribution in [3.8, 4) is 0 Å². The first-order chi connectivity index (χ1) is 9.96. The maximum Gasteiger partial charge on any atom is 0.504 e. The summed E-state index contributed by atoms with van der Waals surface area (Å²) in [5, 5.41) is 0. The SMILES string of the molecule is CO[Si](C)(Cc1ccc(C[Si](OC)(OC)OC)cc1)OC. The molecule has 0 aliphatic rings. The Hall–Kier alpha value is -0.546. The fraction of sp³-hybridized carbons (Fsp3) is 0.571. The zero-order chi connectivity index (χ0) is 15.9. The lowest BCUT2D eigenvalue weighted by Crippen LogP contribution is -2.45. The van der Waals surface area contributed by atoms with E-state index in [1.807, 2.05) is 0 Å². The van der Waals surface area contributed by atoms with E-state index in [4.69, 9.17) is 22.1 Å². The monoisotopic (exact) mass is 330 g/mol. The Labute approximate surface area is 129 Å². The molecular weight excluding hydrogens is 304 g/mol. The second kappa shape index (κ2) is 8.18. The van der Waals surface area contributed by atoms with Crippen molar-refractivity contribution < 1.29 is 22.1 Å². The molecule has 120 valence electrons. The van der Waals surface area contributed by atoms with Gasteiger partial charge in [-0.3, -0.25) is 0 Å². The lowest BCUT2D eigenvalue weighted by molar-refractivity contribution is 0.122. The average molecular weight is 331 g/mol. The van der Waals surface area contributed by atoms with Gasteiger partial charge in [-0.2, -0.15) is 0 Å². The second-order valence-electron chi connectivity index (χ2n) is 5.01. The van der Waals surface area contributed by atoms with Gasteiger partial charge >= 0.3 is 17.4 Å². The van der Waals surface area contributed by atoms with Crippen molar-refractivity contribution in [2.24, 2.45) is 0 Å². The highest BCUT2D eigenvalue weighted by Gasteiger charge is 2.38. The van der Waals surface area contributed by atoms with Crippen molar-refractivity contribution in [3.63, 3.8) is 0 Å². The third-order valence-electron chi connectivity index (χ3n) is 3.77. The number of hydrogen-bond donors (Lipinski definition) is 0. The molecule has 5 nitrogen and oxygen atoms in total. The Kier molecular flexibility index (Phi) is 7.21. The van der Waals surface area contributed by atoms with Crippen LogP contribution in [0.1, 0.15) is 11.1 Å². The molecule has 0 aliphatic heterocycles. The maximum atomic E-state index is 5.52. The average Bonchev–Trinajstić information content (AvgIpc) is 2.54. The summed E-state index contributed by atoms with van der Waals surface area (Å²) in [6.07, 6.45) is 0. The zero-order valence-corrected chi connectivity index (χ0v) is 15.8. The summed E-state index contributed by atoms with van der Waals surface area (Å²) >= 11 is 0.